The van der Waals surface area contributed by atoms with E-state index in [1.165, 1.54) is 6.33 Å². The van der Waals surface area contributed by atoms with Crippen LogP contribution in [0, 0.1) is 12.8 Å². The maximum Gasteiger partial charge on any atom is 0.247 e. The Kier molecular flexibility index (Phi) is 4.42. The quantitative estimate of drug-likeness (QED) is 0.779. The van der Waals surface area contributed by atoms with Crippen molar-refractivity contribution in [2.24, 2.45) is 5.92 Å². The Hall–Kier alpha value is -2.22. The van der Waals surface area contributed by atoms with Crippen LogP contribution in [0.5, 0.6) is 0 Å². The molecule has 8 heteroatoms. The van der Waals surface area contributed by atoms with Crippen molar-refractivity contribution < 1.29 is 4.79 Å². The first-order valence-electron chi connectivity index (χ1n) is 7.66. The number of carbonyl (C=O) groups excluding carboxylic acids is 1. The predicted octanol–water partition coefficient (Wildman–Crippen LogP) is 2.63. The number of carbonyl (C=O) groups is 1. The van der Waals surface area contributed by atoms with Gasteiger partial charge in [-0.25, -0.2) is 15.0 Å². The third-order valence-electron chi connectivity index (χ3n) is 3.98. The number of amides is 1. The Labute approximate surface area is 139 Å². The first-order valence-corrected chi connectivity index (χ1v) is 8.47. The van der Waals surface area contributed by atoms with Crippen molar-refractivity contribution >= 4 is 34.6 Å². The summed E-state index contributed by atoms with van der Waals surface area (Å²) < 4.78 is 0. The van der Waals surface area contributed by atoms with E-state index in [0.717, 1.165) is 16.3 Å². The minimum atomic E-state index is -0.264. The molecule has 1 amide bonds. The number of fused-ring (bicyclic) bond motifs is 1. The fourth-order valence-electron chi connectivity index (χ4n) is 2.46. The lowest BCUT2D eigenvalue weighted by Gasteiger charge is -2.30. The lowest BCUT2D eigenvalue weighted by molar-refractivity contribution is -0.118. The molecule has 0 bridgehead atoms. The topological polar surface area (TPSA) is 91.8 Å². The van der Waals surface area contributed by atoms with E-state index in [0.29, 0.717) is 23.9 Å². The molecular weight excluding hydrogens is 312 g/mol. The van der Waals surface area contributed by atoms with Crippen LogP contribution in [0.1, 0.15) is 30.2 Å². The van der Waals surface area contributed by atoms with Gasteiger partial charge in [0.2, 0.25) is 5.91 Å². The smallest absolute Gasteiger partial charge is 0.247 e. The average molecular weight is 332 g/mol. The van der Waals surface area contributed by atoms with Gasteiger partial charge in [0.05, 0.1) is 11.6 Å². The van der Waals surface area contributed by atoms with E-state index in [9.17, 15) is 4.79 Å². The van der Waals surface area contributed by atoms with Crippen LogP contribution >= 0.6 is 11.3 Å². The Morgan fingerprint density at radius 2 is 2.22 bits per heavy atom. The van der Waals surface area contributed by atoms with E-state index in [1.54, 1.807) is 11.3 Å². The highest BCUT2D eigenvalue weighted by molar-refractivity contribution is 7.11. The third kappa shape index (κ3) is 3.26. The lowest BCUT2D eigenvalue weighted by Crippen LogP contribution is -2.43. The van der Waals surface area contributed by atoms with Crippen molar-refractivity contribution in [3.8, 4) is 0 Å². The summed E-state index contributed by atoms with van der Waals surface area (Å²) in [5.41, 5.74) is 0.610. The molecule has 2 aromatic heterocycles. The summed E-state index contributed by atoms with van der Waals surface area (Å²) in [5.74, 6) is 1.46. The molecular formula is C15H20N6OS. The molecule has 2 atom stereocenters. The minimum absolute atomic E-state index is 0.0432. The van der Waals surface area contributed by atoms with E-state index in [-0.39, 0.29) is 17.9 Å². The molecule has 23 heavy (non-hydrogen) atoms. The summed E-state index contributed by atoms with van der Waals surface area (Å²) >= 11 is 1.63. The van der Waals surface area contributed by atoms with Gasteiger partial charge in [0.1, 0.15) is 18.1 Å². The average Bonchev–Trinajstić information content (AvgIpc) is 2.97. The molecule has 2 aromatic rings. The van der Waals surface area contributed by atoms with E-state index in [4.69, 9.17) is 0 Å². The molecule has 0 fully saturated rings. The van der Waals surface area contributed by atoms with Gasteiger partial charge in [0.25, 0.3) is 0 Å². The summed E-state index contributed by atoms with van der Waals surface area (Å²) in [6.45, 7) is 6.70. The van der Waals surface area contributed by atoms with Gasteiger partial charge in [0, 0.05) is 11.1 Å². The number of hydrogen-bond acceptors (Lipinski definition) is 7. The highest BCUT2D eigenvalue weighted by Gasteiger charge is 2.31. The minimum Gasteiger partial charge on any atom is -0.363 e. The molecule has 0 aliphatic carbocycles. The van der Waals surface area contributed by atoms with Crippen molar-refractivity contribution in [2.75, 3.05) is 16.0 Å². The molecule has 1 aliphatic heterocycles. The normalized spacial score (nSPS) is 17.9. The molecule has 0 saturated carbocycles. The SMILES string of the molecule is CCC(C)C1Nc2ncnc(NCc3cnc(C)s3)c2NC1=O. The second-order valence-corrected chi connectivity index (χ2v) is 6.96. The summed E-state index contributed by atoms with van der Waals surface area (Å²) in [4.78, 5) is 26.2. The maximum atomic E-state index is 12.3. The van der Waals surface area contributed by atoms with Crippen LogP contribution in [0.4, 0.5) is 17.3 Å². The summed E-state index contributed by atoms with van der Waals surface area (Å²) in [6, 6.07) is -0.264. The van der Waals surface area contributed by atoms with Crippen LogP contribution in [0.25, 0.3) is 0 Å². The van der Waals surface area contributed by atoms with Crippen molar-refractivity contribution in [3.63, 3.8) is 0 Å². The molecule has 3 heterocycles. The van der Waals surface area contributed by atoms with Crippen molar-refractivity contribution in [1.29, 1.82) is 0 Å². The van der Waals surface area contributed by atoms with Gasteiger partial charge in [-0.15, -0.1) is 11.3 Å². The second-order valence-electron chi connectivity index (χ2n) is 5.64. The van der Waals surface area contributed by atoms with Crippen LogP contribution < -0.4 is 16.0 Å². The zero-order valence-corrected chi connectivity index (χ0v) is 14.2. The van der Waals surface area contributed by atoms with Gasteiger partial charge in [-0.05, 0) is 12.8 Å². The molecule has 2 unspecified atom stereocenters. The van der Waals surface area contributed by atoms with Gasteiger partial charge in [0.15, 0.2) is 11.6 Å². The number of nitrogens with one attached hydrogen (secondary N) is 3. The number of nitrogens with zero attached hydrogens (tertiary/aromatic N) is 3. The zero-order valence-electron chi connectivity index (χ0n) is 13.4. The lowest BCUT2D eigenvalue weighted by atomic mass is 9.97. The molecule has 1 aliphatic rings. The third-order valence-corrected chi connectivity index (χ3v) is 4.90. The molecule has 0 spiro atoms. The van der Waals surface area contributed by atoms with Crippen LogP contribution in [-0.4, -0.2) is 26.9 Å². The molecule has 122 valence electrons. The Morgan fingerprint density at radius 3 is 2.91 bits per heavy atom. The molecule has 3 N–H and O–H groups in total. The van der Waals surface area contributed by atoms with E-state index in [2.05, 4.69) is 44.7 Å². The Bertz CT molecular complexity index is 716. The highest BCUT2D eigenvalue weighted by Crippen LogP contribution is 2.32. The maximum absolute atomic E-state index is 12.3. The molecule has 7 nitrogen and oxygen atoms in total. The fraction of sp³-hybridized carbons (Fsp3) is 0.467. The van der Waals surface area contributed by atoms with Crippen molar-refractivity contribution in [3.05, 3.63) is 22.4 Å². The van der Waals surface area contributed by atoms with Crippen LogP contribution in [-0.2, 0) is 11.3 Å². The van der Waals surface area contributed by atoms with Crippen molar-refractivity contribution in [1.82, 2.24) is 15.0 Å². The van der Waals surface area contributed by atoms with E-state index >= 15 is 0 Å². The molecule has 0 aromatic carbocycles. The Balaban J connectivity index is 1.78. The van der Waals surface area contributed by atoms with Gasteiger partial charge in [-0.2, -0.15) is 0 Å². The number of aryl methyl sites for hydroxylation is 1. The van der Waals surface area contributed by atoms with Crippen LogP contribution in [0.15, 0.2) is 12.5 Å². The van der Waals surface area contributed by atoms with Crippen molar-refractivity contribution in [2.45, 2.75) is 39.8 Å². The number of hydrogen-bond donors (Lipinski definition) is 3. The standard InChI is InChI=1S/C15H20N6OS/c1-4-8(2)11-15(22)21-12-13(18-7-19-14(12)20-11)17-6-10-5-16-9(3)23-10/h5,7-8,11H,4,6H2,1-3H3,(H,21,22)(H2,17,18,19,20). The summed E-state index contributed by atoms with van der Waals surface area (Å²) in [5, 5.41) is 10.4. The van der Waals surface area contributed by atoms with E-state index < -0.39 is 0 Å². The highest BCUT2D eigenvalue weighted by atomic mass is 32.1. The van der Waals surface area contributed by atoms with Gasteiger partial charge >= 0.3 is 0 Å². The Morgan fingerprint density at radius 1 is 1.39 bits per heavy atom. The van der Waals surface area contributed by atoms with E-state index in [1.807, 2.05) is 13.1 Å². The fourth-order valence-corrected chi connectivity index (χ4v) is 3.19. The molecule has 0 saturated heterocycles. The number of anilines is 3. The number of rotatable bonds is 5. The van der Waals surface area contributed by atoms with Crippen LogP contribution in [0.3, 0.4) is 0 Å². The monoisotopic (exact) mass is 332 g/mol. The number of thiazole rings is 1. The van der Waals surface area contributed by atoms with Gasteiger partial charge < -0.3 is 16.0 Å². The molecule has 3 rings (SSSR count). The van der Waals surface area contributed by atoms with Gasteiger partial charge in [-0.3, -0.25) is 4.79 Å². The van der Waals surface area contributed by atoms with Gasteiger partial charge in [-0.1, -0.05) is 20.3 Å². The first-order chi connectivity index (χ1) is 11.1. The summed E-state index contributed by atoms with van der Waals surface area (Å²) in [6.07, 6.45) is 4.26. The summed E-state index contributed by atoms with van der Waals surface area (Å²) in [7, 11) is 0. The largest absolute Gasteiger partial charge is 0.363 e. The van der Waals surface area contributed by atoms with Crippen LogP contribution in [0.2, 0.25) is 0 Å². The predicted molar refractivity (Wildman–Crippen MR) is 91.7 cm³/mol. The zero-order chi connectivity index (χ0) is 16.4. The first kappa shape index (κ1) is 15.7. The number of aromatic nitrogens is 3. The second kappa shape index (κ2) is 6.49. The molecule has 0 radical (unpaired) electrons.